The zero-order valence-corrected chi connectivity index (χ0v) is 14.4. The van der Waals surface area contributed by atoms with Crippen molar-refractivity contribution in [2.24, 2.45) is 11.3 Å². The number of anilines is 1. The first-order chi connectivity index (χ1) is 9.93. The molecule has 1 N–H and O–H groups in total. The van der Waals surface area contributed by atoms with Crippen molar-refractivity contribution in [3.05, 3.63) is 11.8 Å². The fourth-order valence-electron chi connectivity index (χ4n) is 1.46. The standard InChI is InChI=1S/C16H26N2O4/c1-10(2)13(19)17-12-8-11(18-22-12)16(6,7)9-21-14(20)15(3,4)5/h8,10H,9H2,1-7H3,(H,17,19). The first kappa shape index (κ1) is 18.2. The molecule has 0 bridgehead atoms. The quantitative estimate of drug-likeness (QED) is 0.845. The van der Waals surface area contributed by atoms with Crippen LogP contribution in [0.4, 0.5) is 5.88 Å². The second-order valence-corrected chi connectivity index (χ2v) is 7.43. The number of rotatable bonds is 5. The smallest absolute Gasteiger partial charge is 0.311 e. The summed E-state index contributed by atoms with van der Waals surface area (Å²) >= 11 is 0. The summed E-state index contributed by atoms with van der Waals surface area (Å²) in [5, 5.41) is 6.61. The maximum atomic E-state index is 11.8. The van der Waals surface area contributed by atoms with Gasteiger partial charge in [0.1, 0.15) is 6.61 Å². The molecule has 22 heavy (non-hydrogen) atoms. The first-order valence-electron chi connectivity index (χ1n) is 7.39. The van der Waals surface area contributed by atoms with E-state index in [1.807, 2.05) is 13.8 Å². The van der Waals surface area contributed by atoms with Crippen molar-refractivity contribution >= 4 is 17.8 Å². The van der Waals surface area contributed by atoms with Gasteiger partial charge in [0.15, 0.2) is 0 Å². The zero-order chi connectivity index (χ0) is 17.1. The summed E-state index contributed by atoms with van der Waals surface area (Å²) < 4.78 is 10.5. The molecular formula is C16H26N2O4. The third-order valence-corrected chi connectivity index (χ3v) is 3.15. The lowest BCUT2D eigenvalue weighted by molar-refractivity contribution is -0.154. The number of carbonyl (C=O) groups excluding carboxylic acids is 2. The molecule has 6 heteroatoms. The van der Waals surface area contributed by atoms with Crippen molar-refractivity contribution in [2.75, 3.05) is 11.9 Å². The highest BCUT2D eigenvalue weighted by atomic mass is 16.5. The van der Waals surface area contributed by atoms with Gasteiger partial charge in [-0.3, -0.25) is 14.9 Å². The van der Waals surface area contributed by atoms with E-state index in [0.717, 1.165) is 0 Å². The highest BCUT2D eigenvalue weighted by Gasteiger charge is 2.30. The monoisotopic (exact) mass is 310 g/mol. The van der Waals surface area contributed by atoms with Gasteiger partial charge in [0.05, 0.1) is 11.1 Å². The first-order valence-corrected chi connectivity index (χ1v) is 7.39. The summed E-state index contributed by atoms with van der Waals surface area (Å²) in [5.74, 6) is -0.254. The number of amides is 1. The molecule has 1 rings (SSSR count). The van der Waals surface area contributed by atoms with Gasteiger partial charge in [-0.2, -0.15) is 0 Å². The van der Waals surface area contributed by atoms with E-state index < -0.39 is 10.8 Å². The van der Waals surface area contributed by atoms with Gasteiger partial charge in [0, 0.05) is 17.4 Å². The Morgan fingerprint density at radius 3 is 2.36 bits per heavy atom. The summed E-state index contributed by atoms with van der Waals surface area (Å²) in [4.78, 5) is 23.5. The average molecular weight is 310 g/mol. The third kappa shape index (κ3) is 4.86. The third-order valence-electron chi connectivity index (χ3n) is 3.15. The highest BCUT2D eigenvalue weighted by Crippen LogP contribution is 2.26. The number of ether oxygens (including phenoxy) is 1. The molecule has 1 heterocycles. The summed E-state index contributed by atoms with van der Waals surface area (Å²) in [7, 11) is 0. The predicted molar refractivity (Wildman–Crippen MR) is 83.4 cm³/mol. The molecular weight excluding hydrogens is 284 g/mol. The van der Waals surface area contributed by atoms with Gasteiger partial charge in [-0.1, -0.05) is 32.9 Å². The van der Waals surface area contributed by atoms with Gasteiger partial charge in [-0.05, 0) is 20.8 Å². The molecule has 0 spiro atoms. The van der Waals surface area contributed by atoms with Gasteiger partial charge < -0.3 is 9.26 Å². The van der Waals surface area contributed by atoms with Crippen LogP contribution in [0.2, 0.25) is 0 Å². The minimum Gasteiger partial charge on any atom is -0.464 e. The molecule has 1 aromatic rings. The van der Waals surface area contributed by atoms with E-state index in [1.54, 1.807) is 40.7 Å². The van der Waals surface area contributed by atoms with Crippen molar-refractivity contribution in [3.63, 3.8) is 0 Å². The van der Waals surface area contributed by atoms with Crippen LogP contribution >= 0.6 is 0 Å². The van der Waals surface area contributed by atoms with Crippen molar-refractivity contribution in [1.82, 2.24) is 5.16 Å². The minimum atomic E-state index is -0.545. The Bertz CT molecular complexity index is 539. The molecule has 0 saturated carbocycles. The largest absolute Gasteiger partial charge is 0.464 e. The Labute approximate surface area is 131 Å². The molecule has 0 aliphatic heterocycles. The molecule has 124 valence electrons. The van der Waals surface area contributed by atoms with Crippen molar-refractivity contribution in [1.29, 1.82) is 0 Å². The lowest BCUT2D eigenvalue weighted by atomic mass is 9.90. The van der Waals surface area contributed by atoms with E-state index in [2.05, 4.69) is 10.5 Å². The van der Waals surface area contributed by atoms with Crippen molar-refractivity contribution in [2.45, 2.75) is 53.9 Å². The predicted octanol–water partition coefficient (Wildman–Crippen LogP) is 3.14. The Morgan fingerprint density at radius 2 is 1.86 bits per heavy atom. The molecule has 0 aliphatic carbocycles. The number of hydrogen-bond acceptors (Lipinski definition) is 5. The maximum Gasteiger partial charge on any atom is 0.311 e. The fraction of sp³-hybridized carbons (Fsp3) is 0.688. The van der Waals surface area contributed by atoms with Gasteiger partial charge >= 0.3 is 5.97 Å². The van der Waals surface area contributed by atoms with Gasteiger partial charge in [-0.15, -0.1) is 0 Å². The number of aromatic nitrogens is 1. The van der Waals surface area contributed by atoms with Crippen LogP contribution in [0.3, 0.4) is 0 Å². The molecule has 0 saturated heterocycles. The molecule has 6 nitrogen and oxygen atoms in total. The van der Waals surface area contributed by atoms with Gasteiger partial charge in [0.25, 0.3) is 0 Å². The summed E-state index contributed by atoms with van der Waals surface area (Å²) in [5.41, 5.74) is -0.435. The van der Waals surface area contributed by atoms with Crippen LogP contribution in [0.25, 0.3) is 0 Å². The topological polar surface area (TPSA) is 81.4 Å². The minimum absolute atomic E-state index is 0.139. The van der Waals surface area contributed by atoms with E-state index in [-0.39, 0.29) is 24.4 Å². The second kappa shape index (κ2) is 6.50. The lowest BCUT2D eigenvalue weighted by Gasteiger charge is -2.24. The van der Waals surface area contributed by atoms with Crippen LogP contribution in [-0.4, -0.2) is 23.6 Å². The zero-order valence-electron chi connectivity index (χ0n) is 14.4. The lowest BCUT2D eigenvalue weighted by Crippen LogP contribution is -2.31. The number of nitrogens with one attached hydrogen (secondary N) is 1. The van der Waals surface area contributed by atoms with Crippen LogP contribution in [0.15, 0.2) is 10.6 Å². The Hall–Kier alpha value is -1.85. The average Bonchev–Trinajstić information content (AvgIpc) is 2.84. The van der Waals surface area contributed by atoms with Crippen LogP contribution in [0, 0.1) is 11.3 Å². The fourth-order valence-corrected chi connectivity index (χ4v) is 1.46. The molecule has 0 aromatic carbocycles. The maximum absolute atomic E-state index is 11.8. The molecule has 1 aromatic heterocycles. The van der Waals surface area contributed by atoms with Crippen LogP contribution in [-0.2, 0) is 19.7 Å². The Balaban J connectivity index is 2.72. The molecule has 0 aliphatic rings. The van der Waals surface area contributed by atoms with Crippen molar-refractivity contribution in [3.8, 4) is 0 Å². The SMILES string of the molecule is CC(C)C(=O)Nc1cc(C(C)(C)COC(=O)C(C)(C)C)no1. The van der Waals surface area contributed by atoms with Crippen molar-refractivity contribution < 1.29 is 18.8 Å². The summed E-state index contributed by atoms with van der Waals surface area (Å²) in [6.07, 6.45) is 0. The molecule has 0 fully saturated rings. The molecule has 0 radical (unpaired) electrons. The summed E-state index contributed by atoms with van der Waals surface area (Å²) in [6, 6.07) is 1.66. The van der Waals surface area contributed by atoms with Gasteiger partial charge in [-0.25, -0.2) is 0 Å². The Morgan fingerprint density at radius 1 is 1.27 bits per heavy atom. The second-order valence-electron chi connectivity index (χ2n) is 7.43. The van der Waals surface area contributed by atoms with E-state index in [9.17, 15) is 9.59 Å². The van der Waals surface area contributed by atoms with Crippen LogP contribution in [0.1, 0.15) is 54.2 Å². The van der Waals surface area contributed by atoms with Crippen LogP contribution in [0.5, 0.6) is 0 Å². The molecule has 1 amide bonds. The highest BCUT2D eigenvalue weighted by molar-refractivity contribution is 5.90. The molecule has 0 unspecified atom stereocenters. The number of esters is 1. The van der Waals surface area contributed by atoms with E-state index in [4.69, 9.17) is 9.26 Å². The number of nitrogens with zero attached hydrogens (tertiary/aromatic N) is 1. The Kier molecular flexibility index (Phi) is 5.38. The number of hydrogen-bond donors (Lipinski definition) is 1. The van der Waals surface area contributed by atoms with Gasteiger partial charge in [0.2, 0.25) is 11.8 Å². The summed E-state index contributed by atoms with van der Waals surface area (Å²) in [6.45, 7) is 13.0. The van der Waals surface area contributed by atoms with E-state index in [1.165, 1.54) is 0 Å². The van der Waals surface area contributed by atoms with E-state index >= 15 is 0 Å². The molecule has 0 atom stereocenters. The van der Waals surface area contributed by atoms with E-state index in [0.29, 0.717) is 11.6 Å². The van der Waals surface area contributed by atoms with Crippen LogP contribution < -0.4 is 5.32 Å². The normalized spacial score (nSPS) is 12.4. The number of carbonyl (C=O) groups is 2.